The quantitative estimate of drug-likeness (QED) is 0.823. The van der Waals surface area contributed by atoms with Crippen LogP contribution < -0.4 is 5.73 Å². The zero-order chi connectivity index (χ0) is 11.4. The Bertz CT molecular complexity index is 439. The van der Waals surface area contributed by atoms with Crippen LogP contribution in [0.15, 0.2) is 47.6 Å². The molecule has 0 radical (unpaired) electrons. The molecule has 84 valence electrons. The summed E-state index contributed by atoms with van der Waals surface area (Å²) in [5.41, 5.74) is 7.28. The van der Waals surface area contributed by atoms with Gasteiger partial charge in [0.15, 0.2) is 0 Å². The van der Waals surface area contributed by atoms with Crippen molar-refractivity contribution in [2.45, 2.75) is 10.9 Å². The molecule has 0 bridgehead atoms. The van der Waals surface area contributed by atoms with E-state index in [-0.39, 0.29) is 6.04 Å². The van der Waals surface area contributed by atoms with E-state index in [0.29, 0.717) is 0 Å². The van der Waals surface area contributed by atoms with Gasteiger partial charge in [-0.15, -0.1) is 11.8 Å². The van der Waals surface area contributed by atoms with Crippen molar-refractivity contribution in [2.24, 2.45) is 12.8 Å². The van der Waals surface area contributed by atoms with E-state index in [1.165, 1.54) is 5.56 Å². The van der Waals surface area contributed by atoms with E-state index in [1.54, 1.807) is 16.4 Å². The Morgan fingerprint density at radius 2 is 2.12 bits per heavy atom. The smallest absolute Gasteiger partial charge is 0.0625 e. The van der Waals surface area contributed by atoms with Gasteiger partial charge < -0.3 is 5.73 Å². The van der Waals surface area contributed by atoms with Crippen molar-refractivity contribution in [2.75, 3.05) is 5.75 Å². The summed E-state index contributed by atoms with van der Waals surface area (Å²) >= 11 is 1.74. The number of aryl methyl sites for hydroxylation is 1. The highest BCUT2D eigenvalue weighted by atomic mass is 32.2. The summed E-state index contributed by atoms with van der Waals surface area (Å²) < 4.78 is 1.80. The average molecular weight is 233 g/mol. The van der Waals surface area contributed by atoms with Gasteiger partial charge >= 0.3 is 0 Å². The minimum absolute atomic E-state index is 0.0754. The van der Waals surface area contributed by atoms with Crippen LogP contribution >= 0.6 is 11.8 Å². The normalized spacial score (nSPS) is 12.6. The molecule has 0 aliphatic carbocycles. The number of hydrogen-bond acceptors (Lipinski definition) is 3. The number of thioether (sulfide) groups is 1. The van der Waals surface area contributed by atoms with Crippen LogP contribution in [0.3, 0.4) is 0 Å². The fourth-order valence-electron chi connectivity index (χ4n) is 1.46. The number of hydrogen-bond donors (Lipinski definition) is 1. The molecule has 0 aliphatic rings. The minimum Gasteiger partial charge on any atom is -0.323 e. The molecule has 1 aromatic heterocycles. The summed E-state index contributed by atoms with van der Waals surface area (Å²) in [7, 11) is 1.92. The van der Waals surface area contributed by atoms with Crippen LogP contribution in [0.4, 0.5) is 0 Å². The number of nitrogens with two attached hydrogens (primary N) is 1. The molecule has 3 nitrogen and oxygen atoms in total. The molecule has 4 heteroatoms. The Hall–Kier alpha value is -1.26. The van der Waals surface area contributed by atoms with Gasteiger partial charge in [0, 0.05) is 29.9 Å². The lowest BCUT2D eigenvalue weighted by Gasteiger charge is -2.10. The summed E-state index contributed by atoms with van der Waals surface area (Å²) in [6.45, 7) is 0. The largest absolute Gasteiger partial charge is 0.323 e. The Balaban J connectivity index is 1.91. The van der Waals surface area contributed by atoms with Crippen LogP contribution in [-0.4, -0.2) is 15.5 Å². The van der Waals surface area contributed by atoms with E-state index in [9.17, 15) is 0 Å². The molecule has 0 aliphatic heterocycles. The van der Waals surface area contributed by atoms with Gasteiger partial charge in [-0.3, -0.25) is 4.68 Å². The topological polar surface area (TPSA) is 43.8 Å². The molecule has 0 saturated heterocycles. The first-order valence-electron chi connectivity index (χ1n) is 5.17. The van der Waals surface area contributed by atoms with Gasteiger partial charge in [0.2, 0.25) is 0 Å². The number of rotatable bonds is 4. The van der Waals surface area contributed by atoms with E-state index < -0.39 is 0 Å². The molecule has 1 heterocycles. The second-order valence-electron chi connectivity index (χ2n) is 3.68. The standard InChI is InChI=1S/C12H15N3S/c1-15-8-11(7-14-15)16-9-12(13)10-5-3-2-4-6-10/h2-8,12H,9,13H2,1H3. The third kappa shape index (κ3) is 2.87. The molecule has 2 rings (SSSR count). The predicted molar refractivity (Wildman–Crippen MR) is 67.3 cm³/mol. The SMILES string of the molecule is Cn1cc(SCC(N)c2ccccc2)cn1. The molecule has 0 spiro atoms. The molecular formula is C12H15N3S. The van der Waals surface area contributed by atoms with Crippen LogP contribution in [0, 0.1) is 0 Å². The number of benzene rings is 1. The second kappa shape index (κ2) is 5.18. The van der Waals surface area contributed by atoms with Gasteiger partial charge in [0.25, 0.3) is 0 Å². The van der Waals surface area contributed by atoms with Gasteiger partial charge in [0.05, 0.1) is 6.20 Å². The maximum absolute atomic E-state index is 6.10. The zero-order valence-corrected chi connectivity index (χ0v) is 10.0. The first-order valence-corrected chi connectivity index (χ1v) is 6.16. The Morgan fingerprint density at radius 1 is 1.38 bits per heavy atom. The number of aromatic nitrogens is 2. The van der Waals surface area contributed by atoms with E-state index in [1.807, 2.05) is 37.6 Å². The Kier molecular flexibility index (Phi) is 3.64. The van der Waals surface area contributed by atoms with Crippen LogP contribution in [0.1, 0.15) is 11.6 Å². The average Bonchev–Trinajstić information content (AvgIpc) is 2.73. The van der Waals surface area contributed by atoms with Crippen molar-refractivity contribution in [3.63, 3.8) is 0 Å². The fourth-order valence-corrected chi connectivity index (χ4v) is 2.37. The maximum atomic E-state index is 6.10. The maximum Gasteiger partial charge on any atom is 0.0625 e. The van der Waals surface area contributed by atoms with Gasteiger partial charge in [-0.25, -0.2) is 0 Å². The van der Waals surface area contributed by atoms with Crippen molar-refractivity contribution in [3.8, 4) is 0 Å². The van der Waals surface area contributed by atoms with E-state index in [0.717, 1.165) is 10.6 Å². The van der Waals surface area contributed by atoms with Crippen molar-refractivity contribution in [1.29, 1.82) is 0 Å². The zero-order valence-electron chi connectivity index (χ0n) is 9.21. The lowest BCUT2D eigenvalue weighted by molar-refractivity contribution is 0.766. The van der Waals surface area contributed by atoms with E-state index in [2.05, 4.69) is 17.2 Å². The third-order valence-electron chi connectivity index (χ3n) is 2.34. The minimum atomic E-state index is 0.0754. The lowest BCUT2D eigenvalue weighted by Crippen LogP contribution is -2.12. The molecule has 1 atom stereocenters. The van der Waals surface area contributed by atoms with Crippen LogP contribution in [0.5, 0.6) is 0 Å². The van der Waals surface area contributed by atoms with E-state index in [4.69, 9.17) is 5.73 Å². The monoisotopic (exact) mass is 233 g/mol. The molecule has 1 aromatic carbocycles. The molecular weight excluding hydrogens is 218 g/mol. The van der Waals surface area contributed by atoms with Crippen molar-refractivity contribution < 1.29 is 0 Å². The Morgan fingerprint density at radius 3 is 2.75 bits per heavy atom. The predicted octanol–water partition coefficient (Wildman–Crippen LogP) is 2.21. The fraction of sp³-hybridized carbons (Fsp3) is 0.250. The summed E-state index contributed by atoms with van der Waals surface area (Å²) in [4.78, 5) is 1.16. The van der Waals surface area contributed by atoms with Crippen molar-refractivity contribution in [1.82, 2.24) is 9.78 Å². The van der Waals surface area contributed by atoms with Gasteiger partial charge in [-0.05, 0) is 5.56 Å². The summed E-state index contributed by atoms with van der Waals surface area (Å²) in [5, 5.41) is 4.12. The van der Waals surface area contributed by atoms with E-state index >= 15 is 0 Å². The van der Waals surface area contributed by atoms with Crippen molar-refractivity contribution >= 4 is 11.8 Å². The number of nitrogens with zero attached hydrogens (tertiary/aromatic N) is 2. The molecule has 1 unspecified atom stereocenters. The van der Waals surface area contributed by atoms with Gasteiger partial charge in [0.1, 0.15) is 0 Å². The first-order chi connectivity index (χ1) is 7.75. The second-order valence-corrected chi connectivity index (χ2v) is 4.77. The summed E-state index contributed by atoms with van der Waals surface area (Å²) in [6.07, 6.45) is 3.87. The van der Waals surface area contributed by atoms with Gasteiger partial charge in [-0.1, -0.05) is 30.3 Å². The Labute approximate surface area is 99.7 Å². The van der Waals surface area contributed by atoms with Crippen LogP contribution in [0.25, 0.3) is 0 Å². The molecule has 0 saturated carbocycles. The highest BCUT2D eigenvalue weighted by Crippen LogP contribution is 2.22. The molecule has 16 heavy (non-hydrogen) atoms. The van der Waals surface area contributed by atoms with Gasteiger partial charge in [-0.2, -0.15) is 5.10 Å². The lowest BCUT2D eigenvalue weighted by atomic mass is 10.1. The molecule has 2 aromatic rings. The van der Waals surface area contributed by atoms with Crippen LogP contribution in [-0.2, 0) is 7.05 Å². The summed E-state index contributed by atoms with van der Waals surface area (Å²) in [5.74, 6) is 0.871. The highest BCUT2D eigenvalue weighted by molar-refractivity contribution is 7.99. The molecule has 0 fully saturated rings. The molecule has 0 amide bonds. The molecule has 2 N–H and O–H groups in total. The van der Waals surface area contributed by atoms with Crippen molar-refractivity contribution in [3.05, 3.63) is 48.3 Å². The van der Waals surface area contributed by atoms with Crippen LogP contribution in [0.2, 0.25) is 0 Å². The third-order valence-corrected chi connectivity index (χ3v) is 3.41. The highest BCUT2D eigenvalue weighted by Gasteiger charge is 2.06. The first kappa shape index (κ1) is 11.2. The summed E-state index contributed by atoms with van der Waals surface area (Å²) in [6, 6.07) is 10.2.